The number of hydrogen-bond acceptors (Lipinski definition) is 5. The lowest BCUT2D eigenvalue weighted by molar-refractivity contribution is 0.415. The van der Waals surface area contributed by atoms with Gasteiger partial charge in [-0.25, -0.2) is 5.32 Å². The van der Waals surface area contributed by atoms with E-state index in [0.717, 1.165) is 42.3 Å². The Bertz CT molecular complexity index is 468. The zero-order chi connectivity index (χ0) is 12.8. The van der Waals surface area contributed by atoms with Crippen molar-refractivity contribution in [2.75, 3.05) is 24.7 Å². The molecular formula is C13H18N4O+. The van der Waals surface area contributed by atoms with Gasteiger partial charge in [0.2, 0.25) is 0 Å². The Hall–Kier alpha value is -2.17. The van der Waals surface area contributed by atoms with Gasteiger partial charge in [0, 0.05) is 12.6 Å². The normalized spacial score (nSPS) is 13.1. The molecule has 0 saturated heterocycles. The van der Waals surface area contributed by atoms with Crippen LogP contribution in [0.5, 0.6) is 5.75 Å². The van der Waals surface area contributed by atoms with Crippen LogP contribution >= 0.6 is 0 Å². The maximum atomic E-state index is 5.88. The molecular weight excluding hydrogens is 228 g/mol. The molecule has 1 aliphatic rings. The molecule has 0 amide bonds. The van der Waals surface area contributed by atoms with Crippen molar-refractivity contribution in [1.82, 2.24) is 10.3 Å². The zero-order valence-corrected chi connectivity index (χ0v) is 10.4. The molecule has 0 aliphatic carbocycles. The maximum absolute atomic E-state index is 5.88. The molecule has 0 unspecified atom stereocenters. The SMILES string of the molecule is COc1ccc(N)c(NCCCC2=[N+]C=CN2)c1. The number of hydrogen-bond donors (Lipinski definition) is 3. The highest BCUT2D eigenvalue weighted by Gasteiger charge is 2.10. The lowest BCUT2D eigenvalue weighted by atomic mass is 10.2. The molecule has 1 aromatic carbocycles. The first-order valence-corrected chi connectivity index (χ1v) is 5.95. The molecule has 18 heavy (non-hydrogen) atoms. The summed E-state index contributed by atoms with van der Waals surface area (Å²) in [5.74, 6) is 1.81. The third kappa shape index (κ3) is 3.16. The summed E-state index contributed by atoms with van der Waals surface area (Å²) < 4.78 is 5.16. The van der Waals surface area contributed by atoms with Gasteiger partial charge >= 0.3 is 0 Å². The Labute approximate surface area is 107 Å². The molecule has 1 aromatic rings. The lowest BCUT2D eigenvalue weighted by Gasteiger charge is -2.10. The number of nitrogens with zero attached hydrogens (tertiary/aromatic N) is 1. The maximum Gasteiger partial charge on any atom is 0.296 e. The highest BCUT2D eigenvalue weighted by atomic mass is 16.5. The molecule has 95 valence electrons. The minimum absolute atomic E-state index is 0.730. The van der Waals surface area contributed by atoms with Crippen molar-refractivity contribution in [3.63, 3.8) is 0 Å². The summed E-state index contributed by atoms with van der Waals surface area (Å²) in [4.78, 5) is 4.18. The van der Waals surface area contributed by atoms with E-state index < -0.39 is 0 Å². The Balaban J connectivity index is 1.78. The number of nitrogens with one attached hydrogen (secondary N) is 2. The lowest BCUT2D eigenvalue weighted by Crippen LogP contribution is -2.17. The predicted molar refractivity (Wildman–Crippen MR) is 74.5 cm³/mol. The number of nitrogens with two attached hydrogens (primary N) is 1. The Morgan fingerprint density at radius 3 is 3.06 bits per heavy atom. The number of anilines is 2. The van der Waals surface area contributed by atoms with Crippen molar-refractivity contribution in [3.05, 3.63) is 30.6 Å². The van der Waals surface area contributed by atoms with E-state index in [1.54, 1.807) is 13.3 Å². The van der Waals surface area contributed by atoms with E-state index in [1.165, 1.54) is 0 Å². The van der Waals surface area contributed by atoms with Crippen LogP contribution in [0.1, 0.15) is 12.8 Å². The van der Waals surface area contributed by atoms with Crippen LogP contribution in [-0.4, -0.2) is 19.5 Å². The van der Waals surface area contributed by atoms with Crippen LogP contribution < -0.4 is 26.1 Å². The molecule has 1 radical (unpaired) electrons. The number of nitrogen functional groups attached to an aromatic ring is 1. The topological polar surface area (TPSA) is 73.4 Å². The summed E-state index contributed by atoms with van der Waals surface area (Å²) >= 11 is 0. The van der Waals surface area contributed by atoms with Crippen LogP contribution in [0, 0.1) is 0 Å². The van der Waals surface area contributed by atoms with Gasteiger partial charge in [-0.2, -0.15) is 0 Å². The van der Waals surface area contributed by atoms with Crippen molar-refractivity contribution in [2.24, 2.45) is 0 Å². The van der Waals surface area contributed by atoms with Crippen LogP contribution in [0.3, 0.4) is 0 Å². The third-order valence-corrected chi connectivity index (χ3v) is 2.72. The quantitative estimate of drug-likeness (QED) is 0.522. The highest BCUT2D eigenvalue weighted by Crippen LogP contribution is 2.24. The number of aliphatic imine (C=N–C) groups is 1. The Morgan fingerprint density at radius 2 is 2.33 bits per heavy atom. The number of rotatable bonds is 6. The molecule has 0 bridgehead atoms. The zero-order valence-electron chi connectivity index (χ0n) is 10.4. The van der Waals surface area contributed by atoms with Gasteiger partial charge in [-0.05, 0) is 18.6 Å². The van der Waals surface area contributed by atoms with E-state index in [2.05, 4.69) is 15.6 Å². The fourth-order valence-corrected chi connectivity index (χ4v) is 1.73. The summed E-state index contributed by atoms with van der Waals surface area (Å²) in [6.07, 6.45) is 5.51. The third-order valence-electron chi connectivity index (χ3n) is 2.72. The average Bonchev–Trinajstić information content (AvgIpc) is 2.89. The van der Waals surface area contributed by atoms with Gasteiger partial charge in [0.15, 0.2) is 6.20 Å². The second kappa shape index (κ2) is 5.95. The molecule has 1 heterocycles. The van der Waals surface area contributed by atoms with Crippen molar-refractivity contribution >= 4 is 17.2 Å². The summed E-state index contributed by atoms with van der Waals surface area (Å²) in [6.45, 7) is 0.845. The monoisotopic (exact) mass is 246 g/mol. The molecule has 0 fully saturated rings. The van der Waals surface area contributed by atoms with E-state index >= 15 is 0 Å². The minimum atomic E-state index is 0.730. The second-order valence-corrected chi connectivity index (χ2v) is 4.02. The van der Waals surface area contributed by atoms with Gasteiger partial charge in [0.1, 0.15) is 11.9 Å². The second-order valence-electron chi connectivity index (χ2n) is 4.02. The summed E-state index contributed by atoms with van der Waals surface area (Å²) in [5.41, 5.74) is 7.53. The first-order chi connectivity index (χ1) is 8.79. The fraction of sp³-hybridized carbons (Fsp3) is 0.308. The highest BCUT2D eigenvalue weighted by molar-refractivity contribution is 5.83. The molecule has 2 rings (SSSR count). The van der Waals surface area contributed by atoms with Crippen LogP contribution in [0.4, 0.5) is 11.4 Å². The van der Waals surface area contributed by atoms with E-state index in [9.17, 15) is 0 Å². The van der Waals surface area contributed by atoms with Gasteiger partial charge in [-0.3, -0.25) is 0 Å². The number of ether oxygens (including phenoxy) is 1. The summed E-state index contributed by atoms with van der Waals surface area (Å²) in [6, 6.07) is 5.60. The molecule has 5 nitrogen and oxygen atoms in total. The average molecular weight is 246 g/mol. The van der Waals surface area contributed by atoms with Gasteiger partial charge in [0.25, 0.3) is 5.84 Å². The summed E-state index contributed by atoms with van der Waals surface area (Å²) in [5, 5.41) is 6.39. The van der Waals surface area contributed by atoms with Crippen molar-refractivity contribution in [1.29, 1.82) is 0 Å². The summed E-state index contributed by atoms with van der Waals surface area (Å²) in [7, 11) is 1.65. The van der Waals surface area contributed by atoms with Crippen molar-refractivity contribution in [3.8, 4) is 5.75 Å². The van der Waals surface area contributed by atoms with Crippen LogP contribution in [0.25, 0.3) is 0 Å². The van der Waals surface area contributed by atoms with Gasteiger partial charge in [0.05, 0.1) is 24.9 Å². The molecule has 1 aliphatic heterocycles. The van der Waals surface area contributed by atoms with Crippen molar-refractivity contribution in [2.45, 2.75) is 12.8 Å². The number of methoxy groups -OCH3 is 1. The van der Waals surface area contributed by atoms with E-state index in [1.807, 2.05) is 24.4 Å². The molecule has 0 spiro atoms. The predicted octanol–water partition coefficient (Wildman–Crippen LogP) is 1.28. The van der Waals surface area contributed by atoms with E-state index in [0.29, 0.717) is 0 Å². The smallest absolute Gasteiger partial charge is 0.296 e. The van der Waals surface area contributed by atoms with Crippen molar-refractivity contribution < 1.29 is 4.74 Å². The van der Waals surface area contributed by atoms with Gasteiger partial charge in [-0.1, -0.05) is 4.99 Å². The molecule has 0 atom stereocenters. The van der Waals surface area contributed by atoms with Crippen LogP contribution in [0.2, 0.25) is 0 Å². The Morgan fingerprint density at radius 1 is 1.44 bits per heavy atom. The standard InChI is InChI=1S/C13H18N4O/c1-18-10-4-5-11(14)12(9-10)15-6-2-3-13-16-7-8-17-13/h4-5,7-9,15-16H,2-3,6,14H2,1H3/q+1. The van der Waals surface area contributed by atoms with Gasteiger partial charge in [-0.15, -0.1) is 0 Å². The molecule has 4 N–H and O–H groups in total. The van der Waals surface area contributed by atoms with E-state index in [-0.39, 0.29) is 0 Å². The van der Waals surface area contributed by atoms with Crippen LogP contribution in [0.15, 0.2) is 30.6 Å². The van der Waals surface area contributed by atoms with Gasteiger partial charge < -0.3 is 15.8 Å². The molecule has 0 saturated carbocycles. The first kappa shape index (κ1) is 12.3. The largest absolute Gasteiger partial charge is 0.497 e. The molecule has 0 aromatic heterocycles. The van der Waals surface area contributed by atoms with Crippen LogP contribution in [-0.2, 0) is 0 Å². The van der Waals surface area contributed by atoms with E-state index in [4.69, 9.17) is 10.5 Å². The molecule has 5 heteroatoms. The number of benzene rings is 1. The number of amidine groups is 1. The first-order valence-electron chi connectivity index (χ1n) is 5.95. The fourth-order valence-electron chi connectivity index (χ4n) is 1.73. The Kier molecular flexibility index (Phi) is 4.06. The minimum Gasteiger partial charge on any atom is -0.497 e.